The Balaban J connectivity index is 1.15. The summed E-state index contributed by atoms with van der Waals surface area (Å²) in [6.07, 6.45) is 0.695. The average molecular weight is 434 g/mol. The predicted molar refractivity (Wildman–Crippen MR) is 127 cm³/mol. The van der Waals surface area contributed by atoms with Crippen molar-refractivity contribution in [1.29, 1.82) is 0 Å². The first-order valence-electron chi connectivity index (χ1n) is 10.9. The minimum absolute atomic E-state index is 0.0433. The molecule has 0 radical (unpaired) electrons. The van der Waals surface area contributed by atoms with Gasteiger partial charge in [0.25, 0.3) is 5.89 Å². The molecule has 5 aromatic rings. The summed E-state index contributed by atoms with van der Waals surface area (Å²) in [5.41, 5.74) is 2.88. The number of carbonyl (C=O) groups is 1. The van der Waals surface area contributed by atoms with Crippen molar-refractivity contribution in [2.75, 3.05) is 0 Å². The van der Waals surface area contributed by atoms with Crippen molar-refractivity contribution in [3.8, 4) is 16.9 Å². The standard InChI is InChI=1S/C28H22N2O3/c31-26(23-12-10-22(11-13-23)20-6-2-1-3-7-20)16-17-27-29-30-28(33-27)19-32-25-15-14-21-8-4-5-9-24(21)18-25/h1-15,18H,16-17,19H2. The number of ketones is 1. The van der Waals surface area contributed by atoms with Crippen LogP contribution in [0.1, 0.15) is 28.6 Å². The molecule has 33 heavy (non-hydrogen) atoms. The molecular formula is C28H22N2O3. The Bertz CT molecular complexity index is 1380. The number of Topliss-reactive ketones (excluding diaryl/α,β-unsaturated/α-hetero) is 1. The molecule has 0 saturated heterocycles. The molecule has 5 rings (SSSR count). The van der Waals surface area contributed by atoms with Crippen molar-refractivity contribution >= 4 is 16.6 Å². The van der Waals surface area contributed by atoms with Gasteiger partial charge in [-0.15, -0.1) is 10.2 Å². The van der Waals surface area contributed by atoms with E-state index in [0.717, 1.165) is 27.6 Å². The van der Waals surface area contributed by atoms with Crippen LogP contribution >= 0.6 is 0 Å². The minimum atomic E-state index is 0.0433. The van der Waals surface area contributed by atoms with Gasteiger partial charge in [-0.2, -0.15) is 0 Å². The van der Waals surface area contributed by atoms with Gasteiger partial charge in [0, 0.05) is 18.4 Å². The maximum absolute atomic E-state index is 12.6. The number of hydrogen-bond donors (Lipinski definition) is 0. The summed E-state index contributed by atoms with van der Waals surface area (Å²) < 4.78 is 11.4. The average Bonchev–Trinajstić information content (AvgIpc) is 3.34. The molecule has 0 aliphatic rings. The topological polar surface area (TPSA) is 65.2 Å². The fraction of sp³-hybridized carbons (Fsp3) is 0.107. The predicted octanol–water partition coefficient (Wildman–Crippen LogP) is 6.28. The van der Waals surface area contributed by atoms with E-state index in [1.165, 1.54) is 0 Å². The van der Waals surface area contributed by atoms with Crippen LogP contribution in [-0.4, -0.2) is 16.0 Å². The first-order chi connectivity index (χ1) is 16.2. The lowest BCUT2D eigenvalue weighted by Crippen LogP contribution is -2.01. The molecule has 1 aromatic heterocycles. The largest absolute Gasteiger partial charge is 0.484 e. The van der Waals surface area contributed by atoms with Crippen molar-refractivity contribution in [1.82, 2.24) is 10.2 Å². The summed E-state index contributed by atoms with van der Waals surface area (Å²) in [4.78, 5) is 12.6. The Morgan fingerprint density at radius 1 is 0.727 bits per heavy atom. The summed E-state index contributed by atoms with van der Waals surface area (Å²) in [5.74, 6) is 1.60. The third-order valence-corrected chi connectivity index (χ3v) is 5.47. The summed E-state index contributed by atoms with van der Waals surface area (Å²) in [7, 11) is 0. The zero-order valence-electron chi connectivity index (χ0n) is 18.0. The van der Waals surface area contributed by atoms with E-state index in [1.54, 1.807) is 0 Å². The van der Waals surface area contributed by atoms with Crippen LogP contribution in [0.25, 0.3) is 21.9 Å². The zero-order chi connectivity index (χ0) is 22.5. The maximum Gasteiger partial charge on any atom is 0.253 e. The van der Waals surface area contributed by atoms with Crippen LogP contribution in [-0.2, 0) is 13.0 Å². The highest BCUT2D eigenvalue weighted by atomic mass is 16.5. The second-order valence-electron chi connectivity index (χ2n) is 7.75. The normalized spacial score (nSPS) is 10.9. The smallest absolute Gasteiger partial charge is 0.253 e. The van der Waals surface area contributed by atoms with Gasteiger partial charge < -0.3 is 9.15 Å². The molecule has 4 aromatic carbocycles. The third kappa shape index (κ3) is 4.99. The Kier molecular flexibility index (Phi) is 5.93. The number of rotatable bonds is 8. The van der Waals surface area contributed by atoms with Crippen LogP contribution in [0.4, 0.5) is 0 Å². The summed E-state index contributed by atoms with van der Waals surface area (Å²) in [6.45, 7) is 0.181. The van der Waals surface area contributed by atoms with Crippen LogP contribution in [0, 0.1) is 0 Å². The first kappa shape index (κ1) is 20.6. The van der Waals surface area contributed by atoms with Gasteiger partial charge in [0.05, 0.1) is 0 Å². The summed E-state index contributed by atoms with van der Waals surface area (Å²) >= 11 is 0. The molecule has 162 valence electrons. The van der Waals surface area contributed by atoms with Crippen LogP contribution in [0.2, 0.25) is 0 Å². The number of carbonyl (C=O) groups excluding carboxylic acids is 1. The molecule has 0 bridgehead atoms. The third-order valence-electron chi connectivity index (χ3n) is 5.47. The Labute approximate surface area is 191 Å². The van der Waals surface area contributed by atoms with Gasteiger partial charge >= 0.3 is 0 Å². The molecule has 0 fully saturated rings. The van der Waals surface area contributed by atoms with Gasteiger partial charge in [-0.05, 0) is 34.0 Å². The van der Waals surface area contributed by atoms with Crippen molar-refractivity contribution < 1.29 is 13.9 Å². The Morgan fingerprint density at radius 2 is 1.42 bits per heavy atom. The fourth-order valence-electron chi connectivity index (χ4n) is 3.69. The number of fused-ring (bicyclic) bond motifs is 1. The molecule has 0 N–H and O–H groups in total. The second kappa shape index (κ2) is 9.49. The van der Waals surface area contributed by atoms with Crippen LogP contribution < -0.4 is 4.74 Å². The van der Waals surface area contributed by atoms with Crippen molar-refractivity contribution in [3.63, 3.8) is 0 Å². The van der Waals surface area contributed by atoms with Gasteiger partial charge in [0.15, 0.2) is 12.4 Å². The molecule has 0 atom stereocenters. The number of hydrogen-bond acceptors (Lipinski definition) is 5. The lowest BCUT2D eigenvalue weighted by atomic mass is 10.0. The van der Waals surface area contributed by atoms with E-state index >= 15 is 0 Å². The zero-order valence-corrected chi connectivity index (χ0v) is 18.0. The SMILES string of the molecule is O=C(CCc1nnc(COc2ccc3ccccc3c2)o1)c1ccc(-c2ccccc2)cc1. The maximum atomic E-state index is 12.6. The van der Waals surface area contributed by atoms with Crippen molar-refractivity contribution in [3.05, 3.63) is 114 Å². The number of ether oxygens (including phenoxy) is 1. The quantitative estimate of drug-likeness (QED) is 0.269. The molecule has 0 unspecified atom stereocenters. The monoisotopic (exact) mass is 434 g/mol. The van der Waals surface area contributed by atoms with Gasteiger partial charge in [-0.1, -0.05) is 84.9 Å². The highest BCUT2D eigenvalue weighted by molar-refractivity contribution is 5.96. The van der Waals surface area contributed by atoms with Gasteiger partial charge in [-0.25, -0.2) is 0 Å². The van der Waals surface area contributed by atoms with Crippen LogP contribution in [0.15, 0.2) is 101 Å². The molecule has 0 aliphatic carbocycles. The van der Waals surface area contributed by atoms with Gasteiger partial charge in [0.2, 0.25) is 5.89 Å². The highest BCUT2D eigenvalue weighted by Crippen LogP contribution is 2.22. The van der Waals surface area contributed by atoms with E-state index in [-0.39, 0.29) is 12.4 Å². The number of nitrogens with zero attached hydrogens (tertiary/aromatic N) is 2. The van der Waals surface area contributed by atoms with Crippen LogP contribution in [0.3, 0.4) is 0 Å². The van der Waals surface area contributed by atoms with Crippen molar-refractivity contribution in [2.45, 2.75) is 19.4 Å². The van der Waals surface area contributed by atoms with E-state index in [4.69, 9.17) is 9.15 Å². The summed E-state index contributed by atoms with van der Waals surface area (Å²) in [5, 5.41) is 10.4. The molecule has 0 aliphatic heterocycles. The lowest BCUT2D eigenvalue weighted by molar-refractivity contribution is 0.0980. The minimum Gasteiger partial charge on any atom is -0.484 e. The van der Waals surface area contributed by atoms with Gasteiger partial charge in [-0.3, -0.25) is 4.79 Å². The van der Waals surface area contributed by atoms with Gasteiger partial charge in [0.1, 0.15) is 5.75 Å². The molecule has 5 heteroatoms. The molecule has 5 nitrogen and oxygen atoms in total. The molecule has 0 spiro atoms. The van der Waals surface area contributed by atoms with E-state index in [2.05, 4.69) is 16.3 Å². The molecule has 0 amide bonds. The Hall–Kier alpha value is -4.25. The number of aromatic nitrogens is 2. The molecular weight excluding hydrogens is 412 g/mol. The van der Waals surface area contributed by atoms with Crippen LogP contribution in [0.5, 0.6) is 5.75 Å². The highest BCUT2D eigenvalue weighted by Gasteiger charge is 2.12. The number of aryl methyl sites for hydroxylation is 1. The van der Waals surface area contributed by atoms with E-state index in [0.29, 0.717) is 30.2 Å². The van der Waals surface area contributed by atoms with E-state index in [9.17, 15) is 4.79 Å². The second-order valence-corrected chi connectivity index (χ2v) is 7.75. The van der Waals surface area contributed by atoms with E-state index < -0.39 is 0 Å². The van der Waals surface area contributed by atoms with Crippen molar-refractivity contribution in [2.24, 2.45) is 0 Å². The summed E-state index contributed by atoms with van der Waals surface area (Å²) in [6, 6.07) is 31.8. The Morgan fingerprint density at radius 3 is 2.24 bits per heavy atom. The molecule has 1 heterocycles. The van der Waals surface area contributed by atoms with E-state index in [1.807, 2.05) is 91.0 Å². The number of benzene rings is 4. The first-order valence-corrected chi connectivity index (χ1v) is 10.9. The lowest BCUT2D eigenvalue weighted by Gasteiger charge is -2.05. The molecule has 0 saturated carbocycles. The fourth-order valence-corrected chi connectivity index (χ4v) is 3.69.